The summed E-state index contributed by atoms with van der Waals surface area (Å²) in [5.41, 5.74) is 12.9. The average Bonchev–Trinajstić information content (AvgIpc) is 2.64. The zero-order valence-corrected chi connectivity index (χ0v) is 8.18. The largest absolute Gasteiger partial charge is 0.399 e. The van der Waals surface area contributed by atoms with Crippen LogP contribution in [0.1, 0.15) is 11.5 Å². The second-order valence-electron chi connectivity index (χ2n) is 3.29. The van der Waals surface area contributed by atoms with Crippen LogP contribution in [-0.4, -0.2) is 10.1 Å². The molecule has 78 valence electrons. The van der Waals surface area contributed by atoms with Crippen LogP contribution in [-0.2, 0) is 12.8 Å². The summed E-state index contributed by atoms with van der Waals surface area (Å²) in [6.45, 7) is 0. The van der Waals surface area contributed by atoms with Crippen LogP contribution in [0.5, 0.6) is 0 Å². The number of anilines is 2. The Kier molecular flexibility index (Phi) is 2.53. The summed E-state index contributed by atoms with van der Waals surface area (Å²) >= 11 is 0. The third-order valence-corrected chi connectivity index (χ3v) is 2.09. The molecule has 0 radical (unpaired) electrons. The van der Waals surface area contributed by atoms with Gasteiger partial charge in [0.15, 0.2) is 0 Å². The van der Waals surface area contributed by atoms with Gasteiger partial charge in [0.05, 0.1) is 0 Å². The minimum atomic E-state index is 0.183. The molecule has 0 spiro atoms. The summed E-state index contributed by atoms with van der Waals surface area (Å²) in [6.07, 6.45) is 1.52. The zero-order chi connectivity index (χ0) is 10.7. The number of aromatic nitrogens is 2. The molecule has 5 heteroatoms. The van der Waals surface area contributed by atoms with Gasteiger partial charge in [0.2, 0.25) is 5.89 Å². The van der Waals surface area contributed by atoms with Gasteiger partial charge in [0.25, 0.3) is 5.95 Å². The van der Waals surface area contributed by atoms with Gasteiger partial charge in [-0.25, -0.2) is 0 Å². The van der Waals surface area contributed by atoms with Crippen molar-refractivity contribution in [2.24, 2.45) is 0 Å². The van der Waals surface area contributed by atoms with Crippen molar-refractivity contribution >= 4 is 11.6 Å². The van der Waals surface area contributed by atoms with E-state index < -0.39 is 0 Å². The fourth-order valence-electron chi connectivity index (χ4n) is 1.31. The van der Waals surface area contributed by atoms with Crippen LogP contribution >= 0.6 is 0 Å². The lowest BCUT2D eigenvalue weighted by atomic mass is 10.1. The van der Waals surface area contributed by atoms with E-state index in [1.54, 1.807) is 0 Å². The molecule has 0 aliphatic heterocycles. The Morgan fingerprint density at radius 3 is 2.40 bits per heavy atom. The maximum absolute atomic E-state index is 5.58. The Balaban J connectivity index is 1.96. The first-order chi connectivity index (χ1) is 7.24. The number of benzene rings is 1. The van der Waals surface area contributed by atoms with Crippen LogP contribution in [0.2, 0.25) is 0 Å². The van der Waals surface area contributed by atoms with Crippen molar-refractivity contribution in [1.82, 2.24) is 10.1 Å². The minimum Gasteiger partial charge on any atom is -0.399 e. The fraction of sp³-hybridized carbons (Fsp3) is 0.200. The number of nitrogens with zero attached hydrogens (tertiary/aromatic N) is 2. The van der Waals surface area contributed by atoms with Crippen LogP contribution in [0.15, 0.2) is 28.8 Å². The minimum absolute atomic E-state index is 0.183. The van der Waals surface area contributed by atoms with Gasteiger partial charge in [-0.15, -0.1) is 0 Å². The average molecular weight is 204 g/mol. The predicted octanol–water partition coefficient (Wildman–Crippen LogP) is 1.02. The van der Waals surface area contributed by atoms with Crippen LogP contribution in [0, 0.1) is 0 Å². The van der Waals surface area contributed by atoms with E-state index >= 15 is 0 Å². The molecule has 1 heterocycles. The standard InChI is InChI=1S/C10H12N4O/c11-8-4-1-7(2-5-8)3-6-9-13-10(12)14-15-9/h1-2,4-5H,3,6,11H2,(H2,12,14). The van der Waals surface area contributed by atoms with Crippen LogP contribution in [0.4, 0.5) is 11.6 Å². The maximum Gasteiger partial charge on any atom is 0.260 e. The van der Waals surface area contributed by atoms with E-state index in [4.69, 9.17) is 16.0 Å². The molecule has 5 nitrogen and oxygen atoms in total. The first-order valence-electron chi connectivity index (χ1n) is 4.66. The lowest BCUT2D eigenvalue weighted by molar-refractivity contribution is 0.379. The topological polar surface area (TPSA) is 91.0 Å². The molecule has 0 amide bonds. The van der Waals surface area contributed by atoms with Crippen molar-refractivity contribution in [2.45, 2.75) is 12.8 Å². The number of nitrogen functional groups attached to an aromatic ring is 2. The van der Waals surface area contributed by atoms with Crippen molar-refractivity contribution in [3.05, 3.63) is 35.7 Å². The van der Waals surface area contributed by atoms with Gasteiger partial charge in [-0.05, 0) is 29.3 Å². The molecule has 0 aliphatic rings. The van der Waals surface area contributed by atoms with Crippen LogP contribution in [0.3, 0.4) is 0 Å². The summed E-state index contributed by atoms with van der Waals surface area (Å²) in [7, 11) is 0. The summed E-state index contributed by atoms with van der Waals surface area (Å²) in [5.74, 6) is 0.742. The van der Waals surface area contributed by atoms with Gasteiger partial charge >= 0.3 is 0 Å². The smallest absolute Gasteiger partial charge is 0.260 e. The highest BCUT2D eigenvalue weighted by molar-refractivity contribution is 5.39. The lowest BCUT2D eigenvalue weighted by Gasteiger charge is -1.98. The highest BCUT2D eigenvalue weighted by atomic mass is 16.5. The molecule has 15 heavy (non-hydrogen) atoms. The summed E-state index contributed by atoms with van der Waals surface area (Å²) < 4.78 is 4.90. The van der Waals surface area contributed by atoms with E-state index in [-0.39, 0.29) is 5.95 Å². The maximum atomic E-state index is 5.58. The Bertz CT molecular complexity index is 435. The number of nitrogens with two attached hydrogens (primary N) is 2. The van der Waals surface area contributed by atoms with E-state index in [0.29, 0.717) is 12.3 Å². The summed E-state index contributed by atoms with van der Waals surface area (Å²) in [5, 5.41) is 3.51. The Labute approximate surface area is 87.1 Å². The summed E-state index contributed by atoms with van der Waals surface area (Å²) in [6, 6.07) is 7.71. The van der Waals surface area contributed by atoms with Crippen molar-refractivity contribution in [2.75, 3.05) is 11.5 Å². The number of hydrogen-bond donors (Lipinski definition) is 2. The van der Waals surface area contributed by atoms with Crippen molar-refractivity contribution < 1.29 is 4.52 Å². The predicted molar refractivity (Wildman–Crippen MR) is 57.0 cm³/mol. The highest BCUT2D eigenvalue weighted by Crippen LogP contribution is 2.09. The Hall–Kier alpha value is -2.04. The number of hydrogen-bond acceptors (Lipinski definition) is 5. The molecular formula is C10H12N4O. The Morgan fingerprint density at radius 1 is 1.07 bits per heavy atom. The third-order valence-electron chi connectivity index (χ3n) is 2.09. The molecule has 0 bridgehead atoms. The molecule has 0 aliphatic carbocycles. The monoisotopic (exact) mass is 204 g/mol. The van der Waals surface area contributed by atoms with E-state index in [9.17, 15) is 0 Å². The lowest BCUT2D eigenvalue weighted by Crippen LogP contribution is -1.93. The van der Waals surface area contributed by atoms with E-state index in [0.717, 1.165) is 12.1 Å². The van der Waals surface area contributed by atoms with Crippen molar-refractivity contribution in [3.8, 4) is 0 Å². The first kappa shape index (κ1) is 9.51. The van der Waals surface area contributed by atoms with Crippen molar-refractivity contribution in [1.29, 1.82) is 0 Å². The molecule has 2 rings (SSSR count). The molecule has 2 aromatic rings. The fourth-order valence-corrected chi connectivity index (χ4v) is 1.31. The first-order valence-corrected chi connectivity index (χ1v) is 4.66. The van der Waals surface area contributed by atoms with E-state index in [2.05, 4.69) is 10.1 Å². The quantitative estimate of drug-likeness (QED) is 0.728. The molecule has 0 fully saturated rings. The molecule has 0 saturated heterocycles. The van der Waals surface area contributed by atoms with Gasteiger partial charge in [-0.1, -0.05) is 12.1 Å². The van der Waals surface area contributed by atoms with Crippen LogP contribution in [0.25, 0.3) is 0 Å². The van der Waals surface area contributed by atoms with Crippen molar-refractivity contribution in [3.63, 3.8) is 0 Å². The molecule has 1 aromatic heterocycles. The summed E-state index contributed by atoms with van der Waals surface area (Å²) in [4.78, 5) is 3.92. The zero-order valence-electron chi connectivity index (χ0n) is 8.18. The molecule has 0 saturated carbocycles. The molecule has 1 aromatic carbocycles. The van der Waals surface area contributed by atoms with Gasteiger partial charge < -0.3 is 16.0 Å². The van der Waals surface area contributed by atoms with Gasteiger partial charge in [-0.2, -0.15) is 4.98 Å². The van der Waals surface area contributed by atoms with E-state index in [1.807, 2.05) is 24.3 Å². The Morgan fingerprint density at radius 2 is 1.80 bits per heavy atom. The normalized spacial score (nSPS) is 10.4. The van der Waals surface area contributed by atoms with Gasteiger partial charge in [0, 0.05) is 12.1 Å². The second kappa shape index (κ2) is 4.00. The molecular weight excluding hydrogens is 192 g/mol. The third kappa shape index (κ3) is 2.46. The SMILES string of the molecule is Nc1ccc(CCc2nc(N)no2)cc1. The van der Waals surface area contributed by atoms with Crippen LogP contribution < -0.4 is 11.5 Å². The highest BCUT2D eigenvalue weighted by Gasteiger charge is 2.03. The molecule has 0 unspecified atom stereocenters. The van der Waals surface area contributed by atoms with E-state index in [1.165, 1.54) is 5.56 Å². The number of aryl methyl sites for hydroxylation is 2. The van der Waals surface area contributed by atoms with Gasteiger partial charge in [-0.3, -0.25) is 0 Å². The number of rotatable bonds is 3. The molecule has 4 N–H and O–H groups in total. The van der Waals surface area contributed by atoms with Gasteiger partial charge in [0.1, 0.15) is 0 Å². The second-order valence-corrected chi connectivity index (χ2v) is 3.29. The molecule has 0 atom stereocenters.